The summed E-state index contributed by atoms with van der Waals surface area (Å²) in [5.41, 5.74) is 0.668. The normalized spacial score (nSPS) is 10.5. The van der Waals surface area contributed by atoms with Crippen molar-refractivity contribution in [2.75, 3.05) is 36.2 Å². The van der Waals surface area contributed by atoms with E-state index in [0.29, 0.717) is 52.7 Å². The van der Waals surface area contributed by atoms with E-state index in [0.717, 1.165) is 23.1 Å². The van der Waals surface area contributed by atoms with E-state index < -0.39 is 10.8 Å². The van der Waals surface area contributed by atoms with Gasteiger partial charge in [0.1, 0.15) is 0 Å². The first-order chi connectivity index (χ1) is 17.8. The fourth-order valence-corrected chi connectivity index (χ4v) is 4.55. The van der Waals surface area contributed by atoms with E-state index in [-0.39, 0.29) is 22.5 Å². The van der Waals surface area contributed by atoms with Gasteiger partial charge in [-0.3, -0.25) is 25.0 Å². The third kappa shape index (κ3) is 7.79. The number of thioether (sulfide) groups is 1. The van der Waals surface area contributed by atoms with Crippen LogP contribution in [-0.2, 0) is 4.79 Å². The van der Waals surface area contributed by atoms with E-state index in [1.807, 2.05) is 20.8 Å². The van der Waals surface area contributed by atoms with Crippen molar-refractivity contribution in [3.05, 3.63) is 52.1 Å². The summed E-state index contributed by atoms with van der Waals surface area (Å²) in [6, 6.07) is 8.67. The molecule has 0 atom stereocenters. The molecule has 0 radical (unpaired) electrons. The van der Waals surface area contributed by atoms with Gasteiger partial charge in [0.05, 0.1) is 30.5 Å². The summed E-state index contributed by atoms with van der Waals surface area (Å²) in [5.74, 6) is 0.508. The molecule has 2 amide bonds. The van der Waals surface area contributed by atoms with Gasteiger partial charge in [0.15, 0.2) is 15.8 Å². The third-order valence-electron chi connectivity index (χ3n) is 4.49. The van der Waals surface area contributed by atoms with Crippen LogP contribution in [0.4, 0.5) is 16.5 Å². The molecule has 0 unspecified atom stereocenters. The molecule has 0 aliphatic rings. The zero-order valence-corrected chi connectivity index (χ0v) is 21.9. The number of nitrogens with zero attached hydrogens (tertiary/aromatic N) is 3. The Balaban J connectivity index is 1.61. The summed E-state index contributed by atoms with van der Waals surface area (Å²) in [6.07, 6.45) is 0. The Bertz CT molecular complexity index is 1220. The molecular weight excluding hydrogens is 522 g/mol. The Kier molecular flexibility index (Phi) is 10.0. The number of nitro groups is 1. The molecule has 196 valence electrons. The van der Waals surface area contributed by atoms with Crippen LogP contribution in [0.2, 0.25) is 0 Å². The molecule has 0 spiro atoms. The minimum atomic E-state index is -0.515. The molecule has 0 fully saturated rings. The van der Waals surface area contributed by atoms with Crippen LogP contribution in [0.5, 0.6) is 17.2 Å². The number of rotatable bonds is 13. The van der Waals surface area contributed by atoms with Crippen LogP contribution in [0, 0.1) is 10.1 Å². The average Bonchev–Trinajstić information content (AvgIpc) is 3.32. The number of anilines is 2. The topological polar surface area (TPSA) is 155 Å². The molecule has 0 saturated carbocycles. The molecule has 2 aromatic carbocycles. The van der Waals surface area contributed by atoms with Crippen molar-refractivity contribution in [2.24, 2.45) is 0 Å². The van der Waals surface area contributed by atoms with Crippen LogP contribution in [-0.4, -0.2) is 52.5 Å². The highest BCUT2D eigenvalue weighted by Gasteiger charge is 2.19. The number of carbonyl (C=O) groups is 2. The zero-order valence-electron chi connectivity index (χ0n) is 20.3. The minimum absolute atomic E-state index is 0.0356. The average molecular weight is 548 g/mol. The van der Waals surface area contributed by atoms with Crippen LogP contribution >= 0.6 is 23.1 Å². The summed E-state index contributed by atoms with van der Waals surface area (Å²) in [6.45, 7) is 6.67. The van der Waals surface area contributed by atoms with Crippen LogP contribution in [0.15, 0.2) is 40.7 Å². The molecule has 1 heterocycles. The molecule has 0 bridgehead atoms. The van der Waals surface area contributed by atoms with E-state index >= 15 is 0 Å². The molecule has 0 aliphatic carbocycles. The summed E-state index contributed by atoms with van der Waals surface area (Å²) < 4.78 is 17.4. The first kappa shape index (κ1) is 27.7. The van der Waals surface area contributed by atoms with Crippen molar-refractivity contribution in [2.45, 2.75) is 25.1 Å². The van der Waals surface area contributed by atoms with E-state index in [9.17, 15) is 19.7 Å². The van der Waals surface area contributed by atoms with Gasteiger partial charge in [0.2, 0.25) is 16.8 Å². The number of aromatic nitrogens is 2. The lowest BCUT2D eigenvalue weighted by molar-refractivity contribution is -0.384. The third-order valence-corrected chi connectivity index (χ3v) is 6.46. The predicted molar refractivity (Wildman–Crippen MR) is 140 cm³/mol. The summed E-state index contributed by atoms with van der Waals surface area (Å²) in [7, 11) is 0. The first-order valence-corrected chi connectivity index (χ1v) is 13.0. The lowest BCUT2D eigenvalue weighted by atomic mass is 10.1. The molecule has 14 heteroatoms. The molecule has 3 aromatic rings. The second kappa shape index (κ2) is 13.4. The van der Waals surface area contributed by atoms with Gasteiger partial charge in [-0.15, -0.1) is 10.2 Å². The molecule has 2 N–H and O–H groups in total. The van der Waals surface area contributed by atoms with Gasteiger partial charge < -0.3 is 19.5 Å². The molecule has 3 rings (SSSR count). The number of hydrogen-bond donors (Lipinski definition) is 2. The number of nitrogens with one attached hydrogen (secondary N) is 2. The molecule has 1 aromatic heterocycles. The molecular formula is C23H25N5O7S2. The smallest absolute Gasteiger partial charge is 0.269 e. The second-order valence-electron chi connectivity index (χ2n) is 7.07. The van der Waals surface area contributed by atoms with Gasteiger partial charge in [-0.25, -0.2) is 0 Å². The quantitative estimate of drug-likeness (QED) is 0.134. The van der Waals surface area contributed by atoms with Crippen LogP contribution < -0.4 is 24.8 Å². The van der Waals surface area contributed by atoms with Crippen LogP contribution in [0.25, 0.3) is 0 Å². The monoisotopic (exact) mass is 547 g/mol. The van der Waals surface area contributed by atoms with Gasteiger partial charge in [-0.05, 0) is 45.0 Å². The molecule has 12 nitrogen and oxygen atoms in total. The number of nitro benzene ring substituents is 1. The van der Waals surface area contributed by atoms with Gasteiger partial charge in [0, 0.05) is 23.4 Å². The maximum absolute atomic E-state index is 12.9. The summed E-state index contributed by atoms with van der Waals surface area (Å²) >= 11 is 2.26. The maximum Gasteiger partial charge on any atom is 0.269 e. The summed E-state index contributed by atoms with van der Waals surface area (Å²) in [5, 5.41) is 24.3. The second-order valence-corrected chi connectivity index (χ2v) is 9.27. The number of benzene rings is 2. The Morgan fingerprint density at radius 2 is 1.59 bits per heavy atom. The molecule has 0 saturated heterocycles. The fourth-order valence-electron chi connectivity index (χ4n) is 3.00. The molecule has 0 aliphatic heterocycles. The van der Waals surface area contributed by atoms with E-state index in [2.05, 4.69) is 20.8 Å². The van der Waals surface area contributed by atoms with Crippen molar-refractivity contribution < 1.29 is 28.7 Å². The highest BCUT2D eigenvalue weighted by Crippen LogP contribution is 2.39. The van der Waals surface area contributed by atoms with Crippen LogP contribution in [0.1, 0.15) is 31.1 Å². The van der Waals surface area contributed by atoms with Gasteiger partial charge in [-0.2, -0.15) is 0 Å². The van der Waals surface area contributed by atoms with E-state index in [4.69, 9.17) is 14.2 Å². The lowest BCUT2D eigenvalue weighted by Crippen LogP contribution is -2.13. The fraction of sp³-hybridized carbons (Fsp3) is 0.304. The van der Waals surface area contributed by atoms with Crippen molar-refractivity contribution in [1.82, 2.24) is 10.2 Å². The Morgan fingerprint density at radius 1 is 0.973 bits per heavy atom. The zero-order chi connectivity index (χ0) is 26.8. The minimum Gasteiger partial charge on any atom is -0.490 e. The Labute approximate surface area is 220 Å². The van der Waals surface area contributed by atoms with Gasteiger partial charge in [-0.1, -0.05) is 23.1 Å². The Hall–Kier alpha value is -3.91. The Morgan fingerprint density at radius 3 is 2.16 bits per heavy atom. The SMILES string of the molecule is CCOc1cc(C(=O)Nc2nnc(SCC(=O)Nc3ccc([N+](=O)[O-])cc3)s2)cc(OCC)c1OCC. The highest BCUT2D eigenvalue weighted by atomic mass is 32.2. The largest absolute Gasteiger partial charge is 0.490 e. The van der Waals surface area contributed by atoms with Crippen molar-refractivity contribution in [3.63, 3.8) is 0 Å². The van der Waals surface area contributed by atoms with E-state index in [1.54, 1.807) is 12.1 Å². The predicted octanol–water partition coefficient (Wildman–Crippen LogP) is 4.63. The lowest BCUT2D eigenvalue weighted by Gasteiger charge is -2.16. The van der Waals surface area contributed by atoms with Crippen LogP contribution in [0.3, 0.4) is 0 Å². The first-order valence-electron chi connectivity index (χ1n) is 11.2. The molecule has 37 heavy (non-hydrogen) atoms. The van der Waals surface area contributed by atoms with Crippen molar-refractivity contribution >= 4 is 51.4 Å². The van der Waals surface area contributed by atoms with E-state index in [1.165, 1.54) is 24.3 Å². The van der Waals surface area contributed by atoms with Crippen molar-refractivity contribution in [3.8, 4) is 17.2 Å². The number of carbonyl (C=O) groups excluding carboxylic acids is 2. The maximum atomic E-state index is 12.9. The number of hydrogen-bond acceptors (Lipinski definition) is 11. The highest BCUT2D eigenvalue weighted by molar-refractivity contribution is 8.01. The van der Waals surface area contributed by atoms with Gasteiger partial charge >= 0.3 is 0 Å². The summed E-state index contributed by atoms with van der Waals surface area (Å²) in [4.78, 5) is 35.3. The van der Waals surface area contributed by atoms with Gasteiger partial charge in [0.25, 0.3) is 11.6 Å². The number of ether oxygens (including phenoxy) is 3. The standard InChI is InChI=1S/C23H25N5O7S2/c1-4-33-17-11-14(12-18(34-5-2)20(17)35-6-3)21(30)25-22-26-27-23(37-22)36-13-19(29)24-15-7-9-16(10-8-15)28(31)32/h7-12H,4-6,13H2,1-3H3,(H,24,29)(H,25,26,30). The number of amides is 2. The van der Waals surface area contributed by atoms with Crippen molar-refractivity contribution in [1.29, 1.82) is 0 Å². The number of non-ortho nitro benzene ring substituents is 1.